The highest BCUT2D eigenvalue weighted by Crippen LogP contribution is 2.16. The van der Waals surface area contributed by atoms with Crippen LogP contribution in [0, 0.1) is 5.92 Å². The molecule has 2 N–H and O–H groups in total. The molecule has 0 radical (unpaired) electrons. The van der Waals surface area contributed by atoms with Crippen molar-refractivity contribution in [1.29, 1.82) is 0 Å². The molecular weight excluding hydrogens is 282 g/mol. The summed E-state index contributed by atoms with van der Waals surface area (Å²) in [6.45, 7) is 3.99. The van der Waals surface area contributed by atoms with Crippen molar-refractivity contribution in [2.75, 3.05) is 5.32 Å². The van der Waals surface area contributed by atoms with Crippen molar-refractivity contribution < 1.29 is 9.90 Å². The molecule has 0 aromatic heterocycles. The van der Waals surface area contributed by atoms with Crippen LogP contribution in [0.15, 0.2) is 40.5 Å². The maximum absolute atomic E-state index is 11.0. The number of aliphatic carboxylic acids is 1. The second-order valence-corrected chi connectivity index (χ2v) is 5.14. The summed E-state index contributed by atoms with van der Waals surface area (Å²) in [7, 11) is 0. The Kier molecular flexibility index (Phi) is 5.22. The van der Waals surface area contributed by atoms with Gasteiger partial charge in [-0.1, -0.05) is 29.8 Å². The van der Waals surface area contributed by atoms with Gasteiger partial charge in [0.25, 0.3) is 0 Å². The minimum atomic E-state index is -0.872. The Hall–Kier alpha value is -1.29. The van der Waals surface area contributed by atoms with Crippen molar-refractivity contribution in [3.63, 3.8) is 0 Å². The van der Waals surface area contributed by atoms with Crippen molar-refractivity contribution >= 4 is 27.6 Å². The maximum atomic E-state index is 11.0. The predicted molar refractivity (Wildman–Crippen MR) is 72.9 cm³/mol. The summed E-state index contributed by atoms with van der Waals surface area (Å²) in [6, 6.07) is 7.57. The number of carboxylic acid groups (broad SMARTS) is 1. The van der Waals surface area contributed by atoms with Gasteiger partial charge in [-0.25, -0.2) is 4.79 Å². The zero-order chi connectivity index (χ0) is 12.8. The van der Waals surface area contributed by atoms with Crippen LogP contribution in [-0.4, -0.2) is 11.1 Å². The topological polar surface area (TPSA) is 49.3 Å². The summed E-state index contributed by atoms with van der Waals surface area (Å²) < 4.78 is 0.993. The number of hydrogen-bond acceptors (Lipinski definition) is 2. The summed E-state index contributed by atoms with van der Waals surface area (Å²) in [4.78, 5) is 11.0. The molecule has 0 saturated heterocycles. The second-order valence-electron chi connectivity index (χ2n) is 4.22. The Balaban J connectivity index is 2.72. The van der Waals surface area contributed by atoms with E-state index in [2.05, 4.69) is 21.2 Å². The van der Waals surface area contributed by atoms with Crippen molar-refractivity contribution in [3.05, 3.63) is 40.5 Å². The molecule has 0 spiro atoms. The number of halogens is 1. The van der Waals surface area contributed by atoms with Crippen LogP contribution in [0.25, 0.3) is 0 Å². The van der Waals surface area contributed by atoms with Crippen LogP contribution in [0.4, 0.5) is 5.69 Å². The van der Waals surface area contributed by atoms with Gasteiger partial charge in [0.1, 0.15) is 0 Å². The number of rotatable bonds is 5. The van der Waals surface area contributed by atoms with Crippen LogP contribution in [0.3, 0.4) is 0 Å². The monoisotopic (exact) mass is 297 g/mol. The van der Waals surface area contributed by atoms with E-state index in [0.717, 1.165) is 10.2 Å². The van der Waals surface area contributed by atoms with E-state index in [1.54, 1.807) is 6.20 Å². The van der Waals surface area contributed by atoms with Crippen LogP contribution in [0.5, 0.6) is 0 Å². The lowest BCUT2D eigenvalue weighted by Crippen LogP contribution is -2.06. The van der Waals surface area contributed by atoms with E-state index in [9.17, 15) is 4.79 Å². The van der Waals surface area contributed by atoms with Crippen molar-refractivity contribution in [3.8, 4) is 0 Å². The maximum Gasteiger partial charge on any atom is 0.333 e. The number of carboxylic acids is 1. The molecule has 0 fully saturated rings. The van der Waals surface area contributed by atoms with E-state index in [0.29, 0.717) is 17.9 Å². The van der Waals surface area contributed by atoms with Gasteiger partial charge in [-0.3, -0.25) is 0 Å². The van der Waals surface area contributed by atoms with Gasteiger partial charge in [0.2, 0.25) is 0 Å². The summed E-state index contributed by atoms with van der Waals surface area (Å²) in [5.74, 6) is -0.549. The number of anilines is 1. The Morgan fingerprint density at radius 3 is 2.47 bits per heavy atom. The molecule has 0 aliphatic rings. The van der Waals surface area contributed by atoms with Crippen LogP contribution in [0.1, 0.15) is 20.3 Å². The Morgan fingerprint density at radius 1 is 1.41 bits per heavy atom. The third kappa shape index (κ3) is 5.04. The van der Waals surface area contributed by atoms with Gasteiger partial charge in [-0.2, -0.15) is 0 Å². The highest BCUT2D eigenvalue weighted by molar-refractivity contribution is 9.10. The van der Waals surface area contributed by atoms with Crippen molar-refractivity contribution in [1.82, 2.24) is 0 Å². The van der Waals surface area contributed by atoms with Gasteiger partial charge in [0, 0.05) is 16.4 Å². The first kappa shape index (κ1) is 13.8. The zero-order valence-electron chi connectivity index (χ0n) is 9.90. The van der Waals surface area contributed by atoms with Crippen LogP contribution < -0.4 is 5.32 Å². The quantitative estimate of drug-likeness (QED) is 0.811. The largest absolute Gasteiger partial charge is 0.478 e. The van der Waals surface area contributed by atoms with E-state index < -0.39 is 5.97 Å². The van der Waals surface area contributed by atoms with Gasteiger partial charge < -0.3 is 10.4 Å². The van der Waals surface area contributed by atoms with Gasteiger partial charge in [-0.05, 0) is 36.6 Å². The molecule has 0 saturated carbocycles. The molecule has 0 amide bonds. The zero-order valence-corrected chi connectivity index (χ0v) is 11.5. The molecule has 0 aliphatic carbocycles. The number of benzene rings is 1. The fraction of sp³-hybridized carbons (Fsp3) is 0.308. The highest BCUT2D eigenvalue weighted by atomic mass is 79.9. The van der Waals surface area contributed by atoms with Crippen molar-refractivity contribution in [2.24, 2.45) is 5.92 Å². The van der Waals surface area contributed by atoms with Crippen LogP contribution in [-0.2, 0) is 4.79 Å². The van der Waals surface area contributed by atoms with Gasteiger partial charge in [0.15, 0.2) is 0 Å². The minimum Gasteiger partial charge on any atom is -0.478 e. The second kappa shape index (κ2) is 6.45. The minimum absolute atomic E-state index is 0.323. The first-order valence-electron chi connectivity index (χ1n) is 5.43. The van der Waals surface area contributed by atoms with Crippen LogP contribution >= 0.6 is 15.9 Å². The summed E-state index contributed by atoms with van der Waals surface area (Å²) in [5, 5.41) is 12.0. The predicted octanol–water partition coefficient (Wildman–Crippen LogP) is 3.88. The first-order valence-corrected chi connectivity index (χ1v) is 6.22. The summed E-state index contributed by atoms with van der Waals surface area (Å²) in [5.41, 5.74) is 1.26. The average molecular weight is 298 g/mol. The molecule has 4 heteroatoms. The smallest absolute Gasteiger partial charge is 0.333 e. The Bertz CT molecular complexity index is 410. The highest BCUT2D eigenvalue weighted by Gasteiger charge is 2.08. The molecule has 0 aliphatic heterocycles. The molecule has 0 unspecified atom stereocenters. The number of hydrogen-bond donors (Lipinski definition) is 2. The fourth-order valence-electron chi connectivity index (χ4n) is 1.36. The van der Waals surface area contributed by atoms with E-state index in [-0.39, 0.29) is 0 Å². The number of nitrogens with one attached hydrogen (secondary N) is 1. The molecular formula is C13H16BrNO2. The average Bonchev–Trinajstić information content (AvgIpc) is 2.25. The van der Waals surface area contributed by atoms with Crippen LogP contribution in [0.2, 0.25) is 0 Å². The number of carbonyl (C=O) groups is 1. The van der Waals surface area contributed by atoms with Crippen molar-refractivity contribution in [2.45, 2.75) is 20.3 Å². The Labute approximate surface area is 110 Å². The third-order valence-electron chi connectivity index (χ3n) is 2.16. The molecule has 92 valence electrons. The van der Waals surface area contributed by atoms with E-state index in [1.807, 2.05) is 38.1 Å². The standard InChI is InChI=1S/C13H16BrNO2/c1-9(2)7-10(13(16)17)8-15-12-5-3-11(14)4-6-12/h3-6,8-9,15H,7H2,1-2H3,(H,16,17)/b10-8+. The first-order chi connectivity index (χ1) is 7.99. The molecule has 0 heterocycles. The normalized spacial score (nSPS) is 11.6. The lowest BCUT2D eigenvalue weighted by molar-refractivity contribution is -0.132. The molecule has 0 bridgehead atoms. The molecule has 0 atom stereocenters. The fourth-order valence-corrected chi connectivity index (χ4v) is 1.63. The molecule has 1 rings (SSSR count). The van der Waals surface area contributed by atoms with E-state index in [4.69, 9.17) is 5.11 Å². The molecule has 3 nitrogen and oxygen atoms in total. The van der Waals surface area contributed by atoms with E-state index in [1.165, 1.54) is 0 Å². The Morgan fingerprint density at radius 2 is 2.00 bits per heavy atom. The summed E-state index contributed by atoms with van der Waals surface area (Å²) >= 11 is 3.34. The lowest BCUT2D eigenvalue weighted by Gasteiger charge is -2.07. The lowest BCUT2D eigenvalue weighted by atomic mass is 10.0. The van der Waals surface area contributed by atoms with Gasteiger partial charge >= 0.3 is 5.97 Å². The third-order valence-corrected chi connectivity index (χ3v) is 2.69. The molecule has 1 aromatic rings. The molecule has 17 heavy (non-hydrogen) atoms. The van der Waals surface area contributed by atoms with Gasteiger partial charge in [-0.15, -0.1) is 0 Å². The molecule has 1 aromatic carbocycles. The SMILES string of the molecule is CC(C)C/C(=C\Nc1ccc(Br)cc1)C(=O)O. The van der Waals surface area contributed by atoms with Gasteiger partial charge in [0.05, 0.1) is 5.57 Å². The summed E-state index contributed by atoms with van der Waals surface area (Å²) in [6.07, 6.45) is 2.12. The van der Waals surface area contributed by atoms with E-state index >= 15 is 0 Å².